The minimum Gasteiger partial charge on any atom is -0.494 e. The molecule has 0 spiro atoms. The molecule has 0 saturated carbocycles. The van der Waals surface area contributed by atoms with Crippen LogP contribution in [0.4, 0.5) is 5.82 Å². The molecule has 0 aliphatic heterocycles. The minimum absolute atomic E-state index is 0.460. The lowest BCUT2D eigenvalue weighted by Gasteiger charge is -2.05. The third-order valence-electron chi connectivity index (χ3n) is 1.87. The predicted octanol–water partition coefficient (Wildman–Crippen LogP) is 1.06. The highest BCUT2D eigenvalue weighted by Gasteiger charge is 2.08. The Kier molecular flexibility index (Phi) is 2.06. The summed E-state index contributed by atoms with van der Waals surface area (Å²) in [6.45, 7) is 0. The lowest BCUT2D eigenvalue weighted by Crippen LogP contribution is -1.95. The highest BCUT2D eigenvalue weighted by Crippen LogP contribution is 2.27. The standard InChI is InChI=1S/C9H10N4O/c1-14-7-2-3-8(10)13-9(7)6-4-11-12-5-6/h2-5H,1H3,(H2,10,13)(H,11,12). The van der Waals surface area contributed by atoms with Crippen LogP contribution in [0.2, 0.25) is 0 Å². The van der Waals surface area contributed by atoms with Crippen LogP contribution in [-0.4, -0.2) is 22.3 Å². The second-order valence-electron chi connectivity index (χ2n) is 2.77. The van der Waals surface area contributed by atoms with E-state index >= 15 is 0 Å². The van der Waals surface area contributed by atoms with Gasteiger partial charge in [0.2, 0.25) is 0 Å². The van der Waals surface area contributed by atoms with E-state index < -0.39 is 0 Å². The first kappa shape index (κ1) is 8.55. The molecule has 0 fully saturated rings. The van der Waals surface area contributed by atoms with Gasteiger partial charge in [-0.25, -0.2) is 4.98 Å². The first-order chi connectivity index (χ1) is 6.81. The van der Waals surface area contributed by atoms with Crippen LogP contribution in [0.3, 0.4) is 0 Å². The Morgan fingerprint density at radius 3 is 2.93 bits per heavy atom. The molecular weight excluding hydrogens is 180 g/mol. The summed E-state index contributed by atoms with van der Waals surface area (Å²) in [5, 5.41) is 6.55. The van der Waals surface area contributed by atoms with Crippen LogP contribution in [0.15, 0.2) is 24.5 Å². The van der Waals surface area contributed by atoms with Crippen LogP contribution in [0.1, 0.15) is 0 Å². The summed E-state index contributed by atoms with van der Waals surface area (Å²) in [7, 11) is 1.59. The number of nitrogen functional groups attached to an aromatic ring is 1. The van der Waals surface area contributed by atoms with Crippen molar-refractivity contribution in [3.8, 4) is 17.0 Å². The molecule has 0 saturated heterocycles. The Labute approximate surface area is 80.9 Å². The SMILES string of the molecule is COc1ccc(N)nc1-c1cn[nH]c1. The van der Waals surface area contributed by atoms with Crippen LogP contribution in [0.5, 0.6) is 5.75 Å². The Hall–Kier alpha value is -2.04. The van der Waals surface area contributed by atoms with E-state index in [0.717, 1.165) is 5.56 Å². The molecule has 5 nitrogen and oxygen atoms in total. The summed E-state index contributed by atoms with van der Waals surface area (Å²) >= 11 is 0. The first-order valence-corrected chi connectivity index (χ1v) is 4.11. The average molecular weight is 190 g/mol. The van der Waals surface area contributed by atoms with Crippen molar-refractivity contribution in [3.05, 3.63) is 24.5 Å². The summed E-state index contributed by atoms with van der Waals surface area (Å²) in [4.78, 5) is 4.18. The topological polar surface area (TPSA) is 76.8 Å². The number of aromatic amines is 1. The molecule has 0 bridgehead atoms. The van der Waals surface area contributed by atoms with Crippen LogP contribution in [0, 0.1) is 0 Å². The second-order valence-corrected chi connectivity index (χ2v) is 2.77. The van der Waals surface area contributed by atoms with Crippen LogP contribution in [0.25, 0.3) is 11.3 Å². The number of nitrogens with one attached hydrogen (secondary N) is 1. The van der Waals surface area contributed by atoms with Gasteiger partial charge in [-0.3, -0.25) is 5.10 Å². The fraction of sp³-hybridized carbons (Fsp3) is 0.111. The van der Waals surface area contributed by atoms with Crippen molar-refractivity contribution in [1.82, 2.24) is 15.2 Å². The zero-order valence-electron chi connectivity index (χ0n) is 7.69. The number of methoxy groups -OCH3 is 1. The molecule has 0 radical (unpaired) electrons. The lowest BCUT2D eigenvalue weighted by atomic mass is 10.2. The maximum absolute atomic E-state index is 5.59. The number of hydrogen-bond donors (Lipinski definition) is 2. The van der Waals surface area contributed by atoms with E-state index in [2.05, 4.69) is 15.2 Å². The summed E-state index contributed by atoms with van der Waals surface area (Å²) in [5.74, 6) is 1.14. The molecule has 0 aliphatic rings. The van der Waals surface area contributed by atoms with Crippen molar-refractivity contribution < 1.29 is 4.74 Å². The predicted molar refractivity (Wildman–Crippen MR) is 52.8 cm³/mol. The van der Waals surface area contributed by atoms with Gasteiger partial charge in [0.25, 0.3) is 0 Å². The smallest absolute Gasteiger partial charge is 0.145 e. The quantitative estimate of drug-likeness (QED) is 0.742. The molecule has 2 heterocycles. The lowest BCUT2D eigenvalue weighted by molar-refractivity contribution is 0.415. The number of rotatable bonds is 2. The average Bonchev–Trinajstić information content (AvgIpc) is 2.70. The van der Waals surface area contributed by atoms with E-state index in [4.69, 9.17) is 10.5 Å². The largest absolute Gasteiger partial charge is 0.494 e. The molecule has 0 atom stereocenters. The second kappa shape index (κ2) is 3.37. The number of nitrogens with zero attached hydrogens (tertiary/aromatic N) is 2. The van der Waals surface area contributed by atoms with Crippen molar-refractivity contribution in [1.29, 1.82) is 0 Å². The number of hydrogen-bond acceptors (Lipinski definition) is 4. The van der Waals surface area contributed by atoms with Gasteiger partial charge in [0.05, 0.1) is 13.3 Å². The van der Waals surface area contributed by atoms with Gasteiger partial charge in [0.1, 0.15) is 17.3 Å². The molecule has 3 N–H and O–H groups in total. The summed E-state index contributed by atoms with van der Waals surface area (Å²) in [6, 6.07) is 3.48. The fourth-order valence-corrected chi connectivity index (χ4v) is 1.21. The van der Waals surface area contributed by atoms with Gasteiger partial charge < -0.3 is 10.5 Å². The van der Waals surface area contributed by atoms with E-state index in [9.17, 15) is 0 Å². The molecular formula is C9H10N4O. The molecule has 72 valence electrons. The monoisotopic (exact) mass is 190 g/mol. The zero-order chi connectivity index (χ0) is 9.97. The van der Waals surface area contributed by atoms with E-state index in [1.54, 1.807) is 31.6 Å². The van der Waals surface area contributed by atoms with Gasteiger partial charge in [-0.15, -0.1) is 0 Å². The number of nitrogens with two attached hydrogens (primary N) is 1. The van der Waals surface area contributed by atoms with Crippen molar-refractivity contribution in [2.24, 2.45) is 0 Å². The van der Waals surface area contributed by atoms with E-state index in [1.807, 2.05) is 0 Å². The normalized spacial score (nSPS) is 10.1. The fourth-order valence-electron chi connectivity index (χ4n) is 1.21. The molecule has 5 heteroatoms. The third kappa shape index (κ3) is 1.39. The molecule has 0 aromatic carbocycles. The Morgan fingerprint density at radius 2 is 2.29 bits per heavy atom. The number of pyridine rings is 1. The van der Waals surface area contributed by atoms with Gasteiger partial charge in [-0.1, -0.05) is 0 Å². The number of anilines is 1. The van der Waals surface area contributed by atoms with Crippen molar-refractivity contribution >= 4 is 5.82 Å². The number of ether oxygens (including phenoxy) is 1. The first-order valence-electron chi connectivity index (χ1n) is 4.11. The van der Waals surface area contributed by atoms with E-state index in [-0.39, 0.29) is 0 Å². The number of aromatic nitrogens is 3. The van der Waals surface area contributed by atoms with Crippen LogP contribution < -0.4 is 10.5 Å². The molecule has 14 heavy (non-hydrogen) atoms. The summed E-state index contributed by atoms with van der Waals surface area (Å²) < 4.78 is 5.16. The highest BCUT2D eigenvalue weighted by molar-refractivity contribution is 5.66. The van der Waals surface area contributed by atoms with Crippen molar-refractivity contribution in [2.45, 2.75) is 0 Å². The van der Waals surface area contributed by atoms with Crippen LogP contribution in [-0.2, 0) is 0 Å². The van der Waals surface area contributed by atoms with Gasteiger partial charge in [-0.2, -0.15) is 5.10 Å². The molecule has 2 rings (SSSR count). The van der Waals surface area contributed by atoms with Crippen molar-refractivity contribution in [2.75, 3.05) is 12.8 Å². The van der Waals surface area contributed by atoms with Crippen molar-refractivity contribution in [3.63, 3.8) is 0 Å². The third-order valence-corrected chi connectivity index (χ3v) is 1.87. The van der Waals surface area contributed by atoms with Gasteiger partial charge >= 0.3 is 0 Å². The van der Waals surface area contributed by atoms with Crippen LogP contribution >= 0.6 is 0 Å². The highest BCUT2D eigenvalue weighted by atomic mass is 16.5. The summed E-state index contributed by atoms with van der Waals surface area (Å²) in [6.07, 6.45) is 3.41. The zero-order valence-corrected chi connectivity index (χ0v) is 7.69. The summed E-state index contributed by atoms with van der Waals surface area (Å²) in [5.41, 5.74) is 7.14. The van der Waals surface area contributed by atoms with E-state index in [1.165, 1.54) is 0 Å². The van der Waals surface area contributed by atoms with Gasteiger partial charge in [-0.05, 0) is 12.1 Å². The molecule has 2 aromatic heterocycles. The maximum atomic E-state index is 5.59. The molecule has 0 amide bonds. The molecule has 2 aromatic rings. The van der Waals surface area contributed by atoms with E-state index in [0.29, 0.717) is 17.3 Å². The Balaban J connectivity index is 2.55. The number of H-pyrrole nitrogens is 1. The Bertz CT molecular complexity index is 424. The Morgan fingerprint density at radius 1 is 1.43 bits per heavy atom. The molecule has 0 unspecified atom stereocenters. The molecule has 0 aliphatic carbocycles. The van der Waals surface area contributed by atoms with Gasteiger partial charge in [0, 0.05) is 11.8 Å². The minimum atomic E-state index is 0.460. The maximum Gasteiger partial charge on any atom is 0.145 e. The van der Waals surface area contributed by atoms with Gasteiger partial charge in [0.15, 0.2) is 0 Å².